The molecular formula is C15H22N4O3. The van der Waals surface area contributed by atoms with Gasteiger partial charge in [-0.15, -0.1) is 0 Å². The normalized spacial score (nSPS) is 12.6. The van der Waals surface area contributed by atoms with Crippen LogP contribution in [0.15, 0.2) is 23.0 Å². The first-order valence-electron chi connectivity index (χ1n) is 7.36. The average Bonchev–Trinajstić information content (AvgIpc) is 3.08. The Morgan fingerprint density at radius 1 is 1.50 bits per heavy atom. The lowest BCUT2D eigenvalue weighted by Crippen LogP contribution is -2.28. The van der Waals surface area contributed by atoms with E-state index >= 15 is 0 Å². The van der Waals surface area contributed by atoms with Gasteiger partial charge in [0.15, 0.2) is 11.5 Å². The fourth-order valence-electron chi connectivity index (χ4n) is 1.97. The first kappa shape index (κ1) is 16.2. The van der Waals surface area contributed by atoms with Crippen molar-refractivity contribution in [2.75, 3.05) is 6.54 Å². The molecule has 0 fully saturated rings. The molecule has 0 bridgehead atoms. The molecule has 0 saturated heterocycles. The largest absolute Gasteiger partial charge is 0.393 e. The minimum atomic E-state index is -0.420. The summed E-state index contributed by atoms with van der Waals surface area (Å²) in [6, 6.07) is 1.60. The van der Waals surface area contributed by atoms with Crippen molar-refractivity contribution in [2.45, 2.75) is 39.8 Å². The predicted molar refractivity (Wildman–Crippen MR) is 80.4 cm³/mol. The standard InChI is InChI=1S/C15H22N4O3/c1-10(2)14(20)4-5-16-15(21)13-6-12(22-18-13)9-19-8-11(3)7-17-19/h6-8,10,14,20H,4-5,9H2,1-3H3,(H,16,21). The van der Waals surface area contributed by atoms with E-state index in [2.05, 4.69) is 15.6 Å². The molecule has 1 amide bonds. The molecule has 2 N–H and O–H groups in total. The summed E-state index contributed by atoms with van der Waals surface area (Å²) in [5.41, 5.74) is 1.29. The molecule has 2 aromatic heterocycles. The molecule has 0 spiro atoms. The zero-order valence-electron chi connectivity index (χ0n) is 13.1. The molecule has 7 heteroatoms. The number of aliphatic hydroxyl groups is 1. The van der Waals surface area contributed by atoms with Crippen molar-refractivity contribution in [3.63, 3.8) is 0 Å². The molecule has 0 aliphatic rings. The monoisotopic (exact) mass is 306 g/mol. The van der Waals surface area contributed by atoms with Gasteiger partial charge in [0.2, 0.25) is 0 Å². The number of hydrogen-bond donors (Lipinski definition) is 2. The maximum absolute atomic E-state index is 11.9. The highest BCUT2D eigenvalue weighted by Crippen LogP contribution is 2.07. The van der Waals surface area contributed by atoms with E-state index in [1.165, 1.54) is 0 Å². The lowest BCUT2D eigenvalue weighted by atomic mass is 10.0. The highest BCUT2D eigenvalue weighted by Gasteiger charge is 2.14. The van der Waals surface area contributed by atoms with Crippen molar-refractivity contribution < 1.29 is 14.4 Å². The molecule has 2 rings (SSSR count). The maximum atomic E-state index is 11.9. The van der Waals surface area contributed by atoms with E-state index < -0.39 is 6.10 Å². The maximum Gasteiger partial charge on any atom is 0.273 e. The third-order valence-electron chi connectivity index (χ3n) is 3.37. The van der Waals surface area contributed by atoms with Crippen LogP contribution in [0.4, 0.5) is 0 Å². The number of amides is 1. The topological polar surface area (TPSA) is 93.2 Å². The van der Waals surface area contributed by atoms with E-state index in [0.717, 1.165) is 5.56 Å². The van der Waals surface area contributed by atoms with Crippen molar-refractivity contribution >= 4 is 5.91 Å². The Morgan fingerprint density at radius 2 is 2.27 bits per heavy atom. The number of aromatic nitrogens is 3. The van der Waals surface area contributed by atoms with Gasteiger partial charge in [-0.2, -0.15) is 5.10 Å². The van der Waals surface area contributed by atoms with Crippen molar-refractivity contribution in [2.24, 2.45) is 5.92 Å². The summed E-state index contributed by atoms with van der Waals surface area (Å²) < 4.78 is 6.86. The van der Waals surface area contributed by atoms with E-state index in [9.17, 15) is 9.90 Å². The van der Waals surface area contributed by atoms with Crippen LogP contribution < -0.4 is 5.32 Å². The second kappa shape index (κ2) is 7.22. The number of aliphatic hydroxyl groups excluding tert-OH is 1. The molecular weight excluding hydrogens is 284 g/mol. The number of carbonyl (C=O) groups excluding carboxylic acids is 1. The second-order valence-corrected chi connectivity index (χ2v) is 5.75. The van der Waals surface area contributed by atoms with E-state index in [1.54, 1.807) is 16.9 Å². The van der Waals surface area contributed by atoms with Gasteiger partial charge in [-0.3, -0.25) is 9.48 Å². The van der Waals surface area contributed by atoms with Crippen LogP contribution in [0.3, 0.4) is 0 Å². The highest BCUT2D eigenvalue weighted by molar-refractivity contribution is 5.92. The SMILES string of the molecule is Cc1cnn(Cc2cc(C(=O)NCCC(O)C(C)C)no2)c1. The molecule has 0 aliphatic heterocycles. The number of hydrogen-bond acceptors (Lipinski definition) is 5. The summed E-state index contributed by atoms with van der Waals surface area (Å²) in [5.74, 6) is 0.436. The molecule has 2 heterocycles. The Morgan fingerprint density at radius 3 is 2.91 bits per heavy atom. The Labute approximate surface area is 129 Å². The molecule has 120 valence electrons. The summed E-state index contributed by atoms with van der Waals surface area (Å²) in [6.07, 6.45) is 3.73. The molecule has 1 unspecified atom stereocenters. The van der Waals surface area contributed by atoms with Crippen molar-refractivity contribution in [3.8, 4) is 0 Å². The predicted octanol–water partition coefficient (Wildman–Crippen LogP) is 1.36. The summed E-state index contributed by atoms with van der Waals surface area (Å²) in [7, 11) is 0. The van der Waals surface area contributed by atoms with Gasteiger partial charge >= 0.3 is 0 Å². The fourth-order valence-corrected chi connectivity index (χ4v) is 1.97. The summed E-state index contributed by atoms with van der Waals surface area (Å²) in [4.78, 5) is 11.9. The van der Waals surface area contributed by atoms with Crippen LogP contribution in [0.2, 0.25) is 0 Å². The van der Waals surface area contributed by atoms with Gasteiger partial charge in [0.1, 0.15) is 6.54 Å². The minimum Gasteiger partial charge on any atom is -0.393 e. The molecule has 0 aromatic carbocycles. The summed E-state index contributed by atoms with van der Waals surface area (Å²) in [5, 5.41) is 20.3. The zero-order chi connectivity index (χ0) is 16.1. The zero-order valence-corrected chi connectivity index (χ0v) is 13.1. The van der Waals surface area contributed by atoms with Crippen molar-refractivity contribution in [1.82, 2.24) is 20.3 Å². The van der Waals surface area contributed by atoms with E-state index in [1.807, 2.05) is 27.0 Å². The fraction of sp³-hybridized carbons (Fsp3) is 0.533. The van der Waals surface area contributed by atoms with Crippen molar-refractivity contribution in [3.05, 3.63) is 35.5 Å². The highest BCUT2D eigenvalue weighted by atomic mass is 16.5. The van der Waals surface area contributed by atoms with Gasteiger partial charge in [0.05, 0.1) is 12.3 Å². The van der Waals surface area contributed by atoms with Gasteiger partial charge in [-0.05, 0) is 24.8 Å². The third-order valence-corrected chi connectivity index (χ3v) is 3.37. The lowest BCUT2D eigenvalue weighted by molar-refractivity contribution is 0.0912. The lowest BCUT2D eigenvalue weighted by Gasteiger charge is -2.13. The van der Waals surface area contributed by atoms with Gasteiger partial charge in [0, 0.05) is 18.8 Å². The minimum absolute atomic E-state index is 0.174. The Kier molecular flexibility index (Phi) is 5.32. The molecule has 2 aromatic rings. The molecule has 0 aliphatic carbocycles. The van der Waals surface area contributed by atoms with E-state index in [4.69, 9.17) is 4.52 Å². The van der Waals surface area contributed by atoms with Crippen LogP contribution in [-0.4, -0.2) is 38.6 Å². The quantitative estimate of drug-likeness (QED) is 0.805. The number of nitrogens with one attached hydrogen (secondary N) is 1. The third kappa shape index (κ3) is 4.42. The average molecular weight is 306 g/mol. The van der Waals surface area contributed by atoms with Crippen LogP contribution in [0.1, 0.15) is 42.1 Å². The molecule has 22 heavy (non-hydrogen) atoms. The first-order chi connectivity index (χ1) is 10.5. The van der Waals surface area contributed by atoms with Crippen LogP contribution in [0.25, 0.3) is 0 Å². The molecule has 0 saturated carbocycles. The Bertz CT molecular complexity index is 618. The first-order valence-corrected chi connectivity index (χ1v) is 7.36. The van der Waals surface area contributed by atoms with E-state index in [0.29, 0.717) is 25.3 Å². The smallest absolute Gasteiger partial charge is 0.273 e. The second-order valence-electron chi connectivity index (χ2n) is 5.75. The number of carbonyl (C=O) groups is 1. The van der Waals surface area contributed by atoms with Crippen LogP contribution in [0, 0.1) is 12.8 Å². The number of rotatable bonds is 7. The van der Waals surface area contributed by atoms with E-state index in [-0.39, 0.29) is 17.5 Å². The summed E-state index contributed by atoms with van der Waals surface area (Å²) >= 11 is 0. The van der Waals surface area contributed by atoms with Crippen LogP contribution in [0.5, 0.6) is 0 Å². The van der Waals surface area contributed by atoms with Gasteiger partial charge < -0.3 is 14.9 Å². The number of nitrogens with zero attached hydrogens (tertiary/aromatic N) is 3. The molecule has 7 nitrogen and oxygen atoms in total. The Hall–Kier alpha value is -2.15. The summed E-state index contributed by atoms with van der Waals surface area (Å²) in [6.45, 7) is 6.66. The Balaban J connectivity index is 1.84. The van der Waals surface area contributed by atoms with Crippen molar-refractivity contribution in [1.29, 1.82) is 0 Å². The van der Waals surface area contributed by atoms with Crippen LogP contribution >= 0.6 is 0 Å². The number of aryl methyl sites for hydroxylation is 1. The van der Waals surface area contributed by atoms with Gasteiger partial charge in [-0.25, -0.2) is 0 Å². The molecule has 1 atom stereocenters. The van der Waals surface area contributed by atoms with Crippen LogP contribution in [-0.2, 0) is 6.54 Å². The van der Waals surface area contributed by atoms with Gasteiger partial charge in [-0.1, -0.05) is 19.0 Å². The van der Waals surface area contributed by atoms with Gasteiger partial charge in [0.25, 0.3) is 5.91 Å². The molecule has 0 radical (unpaired) electrons.